The highest BCUT2D eigenvalue weighted by molar-refractivity contribution is 7.19. The fourth-order valence-electron chi connectivity index (χ4n) is 1.78. The van der Waals surface area contributed by atoms with Crippen LogP contribution in [-0.2, 0) is 0 Å². The van der Waals surface area contributed by atoms with Crippen LogP contribution in [0.25, 0.3) is 10.6 Å². The van der Waals surface area contributed by atoms with Gasteiger partial charge in [-0.25, -0.2) is 4.98 Å². The standard InChI is InChI=1S/C15H12N4OS/c16-12-3-1-10(2-4-12)14(20)19-13-9-18-15(21-13)11-5-7-17-8-6-11/h1-9H,16H2,(H,19,20). The first kappa shape index (κ1) is 13.3. The Morgan fingerprint density at radius 2 is 1.81 bits per heavy atom. The van der Waals surface area contributed by atoms with Crippen molar-refractivity contribution in [3.8, 4) is 10.6 Å². The van der Waals surface area contributed by atoms with E-state index in [2.05, 4.69) is 15.3 Å². The topological polar surface area (TPSA) is 80.9 Å². The molecular formula is C15H12N4OS. The van der Waals surface area contributed by atoms with Crippen molar-refractivity contribution in [2.75, 3.05) is 11.1 Å². The minimum Gasteiger partial charge on any atom is -0.399 e. The van der Waals surface area contributed by atoms with Crippen molar-refractivity contribution < 1.29 is 4.79 Å². The predicted molar refractivity (Wildman–Crippen MR) is 84.2 cm³/mol. The molecule has 0 fully saturated rings. The summed E-state index contributed by atoms with van der Waals surface area (Å²) in [5, 5.41) is 4.36. The SMILES string of the molecule is Nc1ccc(C(=O)Nc2cnc(-c3ccncc3)s2)cc1. The molecule has 104 valence electrons. The second-order valence-corrected chi connectivity index (χ2v) is 5.37. The predicted octanol–water partition coefficient (Wildman–Crippen LogP) is 3.04. The van der Waals surface area contributed by atoms with Crippen LogP contribution >= 0.6 is 11.3 Å². The van der Waals surface area contributed by atoms with Gasteiger partial charge < -0.3 is 11.1 Å². The van der Waals surface area contributed by atoms with Crippen molar-refractivity contribution in [2.45, 2.75) is 0 Å². The summed E-state index contributed by atoms with van der Waals surface area (Å²) < 4.78 is 0. The van der Waals surface area contributed by atoms with Crippen molar-refractivity contribution in [1.82, 2.24) is 9.97 Å². The molecule has 3 N–H and O–H groups in total. The van der Waals surface area contributed by atoms with E-state index in [0.29, 0.717) is 16.3 Å². The normalized spacial score (nSPS) is 10.3. The number of nitrogen functional groups attached to an aromatic ring is 1. The lowest BCUT2D eigenvalue weighted by Crippen LogP contribution is -2.10. The quantitative estimate of drug-likeness (QED) is 0.728. The lowest BCUT2D eigenvalue weighted by molar-refractivity contribution is 0.102. The minimum absolute atomic E-state index is 0.181. The van der Waals surface area contributed by atoms with Gasteiger partial charge in [0.2, 0.25) is 0 Å². The van der Waals surface area contributed by atoms with Crippen molar-refractivity contribution in [1.29, 1.82) is 0 Å². The molecule has 0 saturated carbocycles. The Morgan fingerprint density at radius 1 is 1.10 bits per heavy atom. The molecule has 6 heteroatoms. The summed E-state index contributed by atoms with van der Waals surface area (Å²) in [5.41, 5.74) is 7.76. The van der Waals surface area contributed by atoms with Gasteiger partial charge in [-0.05, 0) is 36.4 Å². The minimum atomic E-state index is -0.181. The Hall–Kier alpha value is -2.73. The largest absolute Gasteiger partial charge is 0.399 e. The van der Waals surface area contributed by atoms with E-state index in [4.69, 9.17) is 5.73 Å². The zero-order chi connectivity index (χ0) is 14.7. The lowest BCUT2D eigenvalue weighted by Gasteiger charge is -2.02. The maximum absolute atomic E-state index is 12.1. The van der Waals surface area contributed by atoms with Gasteiger partial charge in [0, 0.05) is 29.2 Å². The third-order valence-electron chi connectivity index (χ3n) is 2.84. The van der Waals surface area contributed by atoms with Crippen LogP contribution in [-0.4, -0.2) is 15.9 Å². The van der Waals surface area contributed by atoms with E-state index in [1.54, 1.807) is 42.9 Å². The number of pyridine rings is 1. The maximum atomic E-state index is 12.1. The van der Waals surface area contributed by atoms with Crippen LogP contribution < -0.4 is 11.1 Å². The summed E-state index contributed by atoms with van der Waals surface area (Å²) in [6.07, 6.45) is 5.07. The molecule has 21 heavy (non-hydrogen) atoms. The van der Waals surface area contributed by atoms with Gasteiger partial charge >= 0.3 is 0 Å². The number of hydrogen-bond donors (Lipinski definition) is 2. The number of aromatic nitrogens is 2. The number of rotatable bonds is 3. The second kappa shape index (κ2) is 5.72. The van der Waals surface area contributed by atoms with Crippen LogP contribution in [0.1, 0.15) is 10.4 Å². The average Bonchev–Trinajstić information content (AvgIpc) is 2.97. The van der Waals surface area contributed by atoms with Gasteiger partial charge in [0.05, 0.1) is 6.20 Å². The van der Waals surface area contributed by atoms with Crippen molar-refractivity contribution >= 4 is 27.9 Å². The van der Waals surface area contributed by atoms with Crippen LogP contribution in [0.4, 0.5) is 10.7 Å². The monoisotopic (exact) mass is 296 g/mol. The number of benzene rings is 1. The number of nitrogens with one attached hydrogen (secondary N) is 1. The third kappa shape index (κ3) is 3.06. The number of nitrogens with zero attached hydrogens (tertiary/aromatic N) is 2. The molecule has 1 aromatic carbocycles. The molecule has 0 saturated heterocycles. The zero-order valence-corrected chi connectivity index (χ0v) is 11.8. The Morgan fingerprint density at radius 3 is 2.52 bits per heavy atom. The van der Waals surface area contributed by atoms with Gasteiger partial charge in [0.15, 0.2) is 0 Å². The van der Waals surface area contributed by atoms with Crippen molar-refractivity contribution in [3.05, 3.63) is 60.6 Å². The first-order valence-electron chi connectivity index (χ1n) is 6.25. The molecule has 2 aromatic heterocycles. The molecule has 0 atom stereocenters. The Kier molecular flexibility index (Phi) is 3.61. The molecule has 5 nitrogen and oxygen atoms in total. The van der Waals surface area contributed by atoms with E-state index < -0.39 is 0 Å². The molecule has 0 aliphatic rings. The van der Waals surface area contributed by atoms with E-state index in [1.807, 2.05) is 12.1 Å². The van der Waals surface area contributed by atoms with E-state index in [9.17, 15) is 4.79 Å². The third-order valence-corrected chi connectivity index (χ3v) is 3.80. The lowest BCUT2D eigenvalue weighted by atomic mass is 10.2. The smallest absolute Gasteiger partial charge is 0.256 e. The van der Waals surface area contributed by atoms with Gasteiger partial charge in [-0.2, -0.15) is 0 Å². The van der Waals surface area contributed by atoms with Gasteiger partial charge in [-0.3, -0.25) is 9.78 Å². The summed E-state index contributed by atoms with van der Waals surface area (Å²) >= 11 is 1.42. The van der Waals surface area contributed by atoms with Gasteiger partial charge in [0.25, 0.3) is 5.91 Å². The second-order valence-electron chi connectivity index (χ2n) is 4.34. The molecule has 1 amide bonds. The van der Waals surface area contributed by atoms with E-state index >= 15 is 0 Å². The number of carbonyl (C=O) groups excluding carboxylic acids is 1. The fraction of sp³-hybridized carbons (Fsp3) is 0. The van der Waals surface area contributed by atoms with Crippen LogP contribution in [0.3, 0.4) is 0 Å². The van der Waals surface area contributed by atoms with Gasteiger partial charge in [-0.1, -0.05) is 11.3 Å². The molecule has 0 bridgehead atoms. The summed E-state index contributed by atoms with van der Waals surface area (Å²) in [5.74, 6) is -0.181. The van der Waals surface area contributed by atoms with Crippen LogP contribution in [0.2, 0.25) is 0 Å². The highest BCUT2D eigenvalue weighted by atomic mass is 32.1. The van der Waals surface area contributed by atoms with Crippen LogP contribution in [0.15, 0.2) is 55.0 Å². The van der Waals surface area contributed by atoms with Crippen LogP contribution in [0.5, 0.6) is 0 Å². The molecule has 3 aromatic rings. The molecule has 0 spiro atoms. The molecule has 3 rings (SSSR count). The Labute approximate surface area is 125 Å². The van der Waals surface area contributed by atoms with E-state index in [-0.39, 0.29) is 5.91 Å². The number of anilines is 2. The fourth-order valence-corrected chi connectivity index (χ4v) is 2.60. The average molecular weight is 296 g/mol. The van der Waals surface area contributed by atoms with Crippen molar-refractivity contribution in [2.24, 2.45) is 0 Å². The first-order chi connectivity index (χ1) is 10.2. The Balaban J connectivity index is 1.75. The van der Waals surface area contributed by atoms with E-state index in [1.165, 1.54) is 11.3 Å². The molecule has 0 aliphatic carbocycles. The van der Waals surface area contributed by atoms with Crippen LogP contribution in [0, 0.1) is 0 Å². The highest BCUT2D eigenvalue weighted by Gasteiger charge is 2.09. The number of amides is 1. The maximum Gasteiger partial charge on any atom is 0.256 e. The molecule has 0 aliphatic heterocycles. The summed E-state index contributed by atoms with van der Waals surface area (Å²) in [6.45, 7) is 0. The molecule has 0 unspecified atom stereocenters. The van der Waals surface area contributed by atoms with Crippen molar-refractivity contribution in [3.63, 3.8) is 0 Å². The number of carbonyl (C=O) groups is 1. The molecule has 2 heterocycles. The summed E-state index contributed by atoms with van der Waals surface area (Å²) in [7, 11) is 0. The van der Waals surface area contributed by atoms with Gasteiger partial charge in [0.1, 0.15) is 10.0 Å². The number of nitrogens with two attached hydrogens (primary N) is 1. The summed E-state index contributed by atoms with van der Waals surface area (Å²) in [4.78, 5) is 20.4. The Bertz CT molecular complexity index is 753. The number of thiazole rings is 1. The van der Waals surface area contributed by atoms with Gasteiger partial charge in [-0.15, -0.1) is 0 Å². The van der Waals surface area contributed by atoms with E-state index in [0.717, 1.165) is 10.6 Å². The first-order valence-corrected chi connectivity index (χ1v) is 7.07. The highest BCUT2D eigenvalue weighted by Crippen LogP contribution is 2.28. The number of hydrogen-bond acceptors (Lipinski definition) is 5. The molecule has 0 radical (unpaired) electrons. The zero-order valence-electron chi connectivity index (χ0n) is 11.0. The summed E-state index contributed by atoms with van der Waals surface area (Å²) in [6, 6.07) is 10.5. The molecular weight excluding hydrogens is 284 g/mol.